The van der Waals surface area contributed by atoms with Crippen LogP contribution in [0.25, 0.3) is 0 Å². The van der Waals surface area contributed by atoms with Crippen molar-refractivity contribution in [2.75, 3.05) is 40.0 Å². The van der Waals surface area contributed by atoms with Crippen molar-refractivity contribution in [1.29, 1.82) is 0 Å². The summed E-state index contributed by atoms with van der Waals surface area (Å²) in [4.78, 5) is 15.3. The molecule has 4 rings (SSSR count). The van der Waals surface area contributed by atoms with Crippen molar-refractivity contribution >= 4 is 23.2 Å². The van der Waals surface area contributed by atoms with Crippen LogP contribution in [0.5, 0.6) is 5.75 Å². The number of morpholine rings is 1. The normalized spacial score (nSPS) is 19.9. The fraction of sp³-hybridized carbons (Fsp3) is 0.364. The molecule has 0 aliphatic carbocycles. The van der Waals surface area contributed by atoms with E-state index in [1.807, 2.05) is 48.5 Å². The van der Waals surface area contributed by atoms with Gasteiger partial charge in [-0.1, -0.05) is 41.9 Å². The third-order valence-electron chi connectivity index (χ3n) is 5.30. The first-order valence-electron chi connectivity index (χ1n) is 9.74. The van der Waals surface area contributed by atoms with Gasteiger partial charge >= 0.3 is 0 Å². The molecule has 0 unspecified atom stereocenters. The number of halogens is 1. The van der Waals surface area contributed by atoms with Crippen LogP contribution >= 0.6 is 11.6 Å². The number of carbonyl (C=O) groups excluding carboxylic acids is 1. The fourth-order valence-electron chi connectivity index (χ4n) is 3.73. The summed E-state index contributed by atoms with van der Waals surface area (Å²) in [5, 5.41) is 6.97. The predicted molar refractivity (Wildman–Crippen MR) is 112 cm³/mol. The topological polar surface area (TPSA) is 54.4 Å². The molecule has 0 N–H and O–H groups in total. The van der Waals surface area contributed by atoms with Gasteiger partial charge in [-0.25, -0.2) is 5.01 Å². The monoisotopic (exact) mass is 413 g/mol. The third kappa shape index (κ3) is 4.45. The number of carbonyl (C=O) groups is 1. The van der Waals surface area contributed by atoms with E-state index in [1.165, 1.54) is 0 Å². The molecule has 2 aromatic carbocycles. The molecule has 29 heavy (non-hydrogen) atoms. The lowest BCUT2D eigenvalue weighted by Gasteiger charge is -2.29. The van der Waals surface area contributed by atoms with E-state index in [1.54, 1.807) is 12.1 Å². The summed E-state index contributed by atoms with van der Waals surface area (Å²) in [6, 6.07) is 15.2. The van der Waals surface area contributed by atoms with Crippen molar-refractivity contribution < 1.29 is 14.3 Å². The zero-order chi connectivity index (χ0) is 20.2. The van der Waals surface area contributed by atoms with Gasteiger partial charge in [-0.15, -0.1) is 0 Å². The van der Waals surface area contributed by atoms with Crippen LogP contribution in [0.3, 0.4) is 0 Å². The van der Waals surface area contributed by atoms with Crippen LogP contribution in [-0.4, -0.2) is 61.5 Å². The van der Waals surface area contributed by atoms with Crippen molar-refractivity contribution in [1.82, 2.24) is 9.91 Å². The molecule has 1 atom stereocenters. The molecule has 2 aliphatic heterocycles. The first-order valence-corrected chi connectivity index (χ1v) is 10.1. The van der Waals surface area contributed by atoms with Crippen molar-refractivity contribution in [3.05, 3.63) is 64.7 Å². The van der Waals surface area contributed by atoms with E-state index in [2.05, 4.69) is 4.90 Å². The summed E-state index contributed by atoms with van der Waals surface area (Å²) in [7, 11) is 1.64. The number of benzene rings is 2. The Morgan fingerprint density at radius 1 is 1.21 bits per heavy atom. The van der Waals surface area contributed by atoms with Gasteiger partial charge in [0.25, 0.3) is 5.91 Å². The highest BCUT2D eigenvalue weighted by atomic mass is 35.5. The van der Waals surface area contributed by atoms with Crippen LogP contribution in [0.15, 0.2) is 53.6 Å². The Balaban J connectivity index is 1.63. The minimum absolute atomic E-state index is 0.0327. The molecule has 0 bridgehead atoms. The number of amides is 1. The van der Waals surface area contributed by atoms with E-state index >= 15 is 0 Å². The van der Waals surface area contributed by atoms with Crippen molar-refractivity contribution in [2.45, 2.75) is 12.5 Å². The summed E-state index contributed by atoms with van der Waals surface area (Å²) in [6.45, 7) is 3.13. The molecule has 0 radical (unpaired) electrons. The molecule has 0 aromatic heterocycles. The van der Waals surface area contributed by atoms with Crippen LogP contribution < -0.4 is 4.74 Å². The predicted octanol–water partition coefficient (Wildman–Crippen LogP) is 3.36. The maximum Gasteiger partial charge on any atom is 0.257 e. The number of nitrogens with zero attached hydrogens (tertiary/aromatic N) is 3. The van der Waals surface area contributed by atoms with Gasteiger partial charge < -0.3 is 9.47 Å². The third-order valence-corrected chi connectivity index (χ3v) is 5.64. The fourth-order valence-corrected chi connectivity index (χ4v) is 3.99. The van der Waals surface area contributed by atoms with Gasteiger partial charge in [0.1, 0.15) is 5.75 Å². The number of ether oxygens (including phenoxy) is 2. The zero-order valence-electron chi connectivity index (χ0n) is 16.4. The standard InChI is InChI=1S/C22H24ClN3O3/c1-28-17-6-4-5-16(13-17)20-14-21(18-7-2-3-8-19(18)23)26(24-20)22(27)15-25-9-11-29-12-10-25/h2-8,13,21H,9-12,14-15H2,1H3/t21-/m1/s1. The number of methoxy groups -OCH3 is 1. The van der Waals surface area contributed by atoms with E-state index in [-0.39, 0.29) is 11.9 Å². The van der Waals surface area contributed by atoms with Gasteiger partial charge in [0.2, 0.25) is 0 Å². The summed E-state index contributed by atoms with van der Waals surface area (Å²) < 4.78 is 10.7. The van der Waals surface area contributed by atoms with Gasteiger partial charge in [-0.2, -0.15) is 5.10 Å². The van der Waals surface area contributed by atoms with Crippen LogP contribution in [0.1, 0.15) is 23.6 Å². The van der Waals surface area contributed by atoms with Crippen LogP contribution in [0.2, 0.25) is 5.02 Å². The molecule has 152 valence electrons. The maximum absolute atomic E-state index is 13.2. The van der Waals surface area contributed by atoms with E-state index in [0.29, 0.717) is 31.2 Å². The minimum Gasteiger partial charge on any atom is -0.497 e. The second-order valence-electron chi connectivity index (χ2n) is 7.15. The Morgan fingerprint density at radius 2 is 2.00 bits per heavy atom. The number of hydrogen-bond donors (Lipinski definition) is 0. The average Bonchev–Trinajstić information content (AvgIpc) is 3.20. The molecule has 0 spiro atoms. The quantitative estimate of drug-likeness (QED) is 0.754. The van der Waals surface area contributed by atoms with Gasteiger partial charge in [0.05, 0.1) is 38.6 Å². The van der Waals surface area contributed by atoms with Gasteiger partial charge in [-0.3, -0.25) is 9.69 Å². The zero-order valence-corrected chi connectivity index (χ0v) is 17.1. The molecule has 1 fully saturated rings. The molecular formula is C22H24ClN3O3. The molecule has 2 aliphatic rings. The Bertz CT molecular complexity index is 912. The highest BCUT2D eigenvalue weighted by molar-refractivity contribution is 6.31. The minimum atomic E-state index is -0.224. The number of hydrogen-bond acceptors (Lipinski definition) is 5. The lowest BCUT2D eigenvalue weighted by Crippen LogP contribution is -2.43. The van der Waals surface area contributed by atoms with Crippen LogP contribution in [0, 0.1) is 0 Å². The molecule has 1 amide bonds. The first kappa shape index (κ1) is 19.9. The van der Waals surface area contributed by atoms with Crippen molar-refractivity contribution in [3.8, 4) is 5.75 Å². The highest BCUT2D eigenvalue weighted by Gasteiger charge is 2.35. The van der Waals surface area contributed by atoms with Crippen LogP contribution in [0.4, 0.5) is 0 Å². The highest BCUT2D eigenvalue weighted by Crippen LogP contribution is 2.36. The van der Waals surface area contributed by atoms with E-state index in [4.69, 9.17) is 26.2 Å². The van der Waals surface area contributed by atoms with E-state index < -0.39 is 0 Å². The molecule has 2 aromatic rings. The molecule has 6 nitrogen and oxygen atoms in total. The molecule has 2 heterocycles. The van der Waals surface area contributed by atoms with Crippen molar-refractivity contribution in [2.24, 2.45) is 5.10 Å². The first-order chi connectivity index (χ1) is 14.2. The second kappa shape index (κ2) is 8.95. The molecular weight excluding hydrogens is 390 g/mol. The van der Waals surface area contributed by atoms with E-state index in [0.717, 1.165) is 35.7 Å². The molecule has 1 saturated heterocycles. The Labute approximate surface area is 175 Å². The number of rotatable bonds is 5. The Kier molecular flexibility index (Phi) is 6.13. The van der Waals surface area contributed by atoms with Crippen LogP contribution in [-0.2, 0) is 9.53 Å². The lowest BCUT2D eigenvalue weighted by molar-refractivity contribution is -0.135. The molecule has 0 saturated carbocycles. The Hall–Kier alpha value is -2.41. The summed E-state index contributed by atoms with van der Waals surface area (Å²) >= 11 is 6.47. The molecule has 7 heteroatoms. The smallest absolute Gasteiger partial charge is 0.257 e. The summed E-state index contributed by atoms with van der Waals surface area (Å²) in [5.41, 5.74) is 2.71. The van der Waals surface area contributed by atoms with Gasteiger partial charge in [-0.05, 0) is 23.8 Å². The van der Waals surface area contributed by atoms with Gasteiger partial charge in [0.15, 0.2) is 0 Å². The average molecular weight is 414 g/mol. The second-order valence-corrected chi connectivity index (χ2v) is 7.55. The van der Waals surface area contributed by atoms with Gasteiger partial charge in [0, 0.05) is 30.1 Å². The summed E-state index contributed by atoms with van der Waals surface area (Å²) in [6.07, 6.45) is 0.603. The SMILES string of the molecule is COc1cccc(C2=NN(C(=O)CN3CCOCC3)[C@@H](c3ccccc3Cl)C2)c1. The summed E-state index contributed by atoms with van der Waals surface area (Å²) in [5.74, 6) is 0.729. The Morgan fingerprint density at radius 3 is 2.76 bits per heavy atom. The maximum atomic E-state index is 13.2. The van der Waals surface area contributed by atoms with E-state index in [9.17, 15) is 4.79 Å². The largest absolute Gasteiger partial charge is 0.497 e. The number of hydrazone groups is 1. The lowest BCUT2D eigenvalue weighted by atomic mass is 9.98. The van der Waals surface area contributed by atoms with Crippen molar-refractivity contribution in [3.63, 3.8) is 0 Å².